The maximum atomic E-state index is 6.67. The van der Waals surface area contributed by atoms with Crippen LogP contribution in [0.2, 0.25) is 0 Å². The number of alkyl halides is 1. The van der Waals surface area contributed by atoms with Crippen LogP contribution in [-0.2, 0) is 6.42 Å². The fourth-order valence-electron chi connectivity index (χ4n) is 2.67. The number of rotatable bonds is 3. The van der Waals surface area contributed by atoms with Gasteiger partial charge in [0.1, 0.15) is 17.6 Å². The Labute approximate surface area is 138 Å². The third-order valence-electron chi connectivity index (χ3n) is 3.68. The van der Waals surface area contributed by atoms with E-state index in [4.69, 9.17) is 21.1 Å². The molecule has 2 aromatic carbocycles. The third kappa shape index (κ3) is 2.90. The van der Waals surface area contributed by atoms with Gasteiger partial charge in [0.2, 0.25) is 0 Å². The van der Waals surface area contributed by atoms with Crippen LogP contribution in [0.4, 0.5) is 0 Å². The van der Waals surface area contributed by atoms with Crippen molar-refractivity contribution in [2.45, 2.75) is 24.8 Å². The Hall–Kier alpha value is -1.19. The first-order valence-electron chi connectivity index (χ1n) is 6.85. The molecule has 0 amide bonds. The van der Waals surface area contributed by atoms with Gasteiger partial charge >= 0.3 is 0 Å². The lowest BCUT2D eigenvalue weighted by Gasteiger charge is -2.15. The molecule has 1 aliphatic heterocycles. The molecule has 2 unspecified atom stereocenters. The fraction of sp³-hybridized carbons (Fsp3) is 0.294. The second-order valence-electron chi connectivity index (χ2n) is 5.25. The van der Waals surface area contributed by atoms with Crippen molar-refractivity contribution in [2.24, 2.45) is 0 Å². The number of ether oxygens (including phenoxy) is 2. The molecule has 0 aromatic heterocycles. The maximum Gasteiger partial charge on any atom is 0.125 e. The molecule has 2 nitrogen and oxygen atoms in total. The molecular formula is C17H16BrClO2. The van der Waals surface area contributed by atoms with Gasteiger partial charge < -0.3 is 9.47 Å². The van der Waals surface area contributed by atoms with Gasteiger partial charge in [-0.15, -0.1) is 11.6 Å². The fourth-order valence-corrected chi connectivity index (χ4v) is 3.33. The highest BCUT2D eigenvalue weighted by Crippen LogP contribution is 2.39. The molecule has 2 aromatic rings. The summed E-state index contributed by atoms with van der Waals surface area (Å²) in [4.78, 5) is 0. The van der Waals surface area contributed by atoms with Gasteiger partial charge in [0, 0.05) is 16.5 Å². The van der Waals surface area contributed by atoms with E-state index in [1.807, 2.05) is 30.3 Å². The number of benzene rings is 2. The molecule has 1 aliphatic rings. The molecule has 0 N–H and O–H groups in total. The van der Waals surface area contributed by atoms with Crippen LogP contribution in [0.25, 0.3) is 0 Å². The smallest absolute Gasteiger partial charge is 0.125 e. The first kappa shape index (κ1) is 14.7. The Morgan fingerprint density at radius 2 is 2.10 bits per heavy atom. The zero-order valence-corrected chi connectivity index (χ0v) is 14.2. The molecule has 0 saturated heterocycles. The van der Waals surface area contributed by atoms with Crippen molar-refractivity contribution in [3.8, 4) is 11.5 Å². The van der Waals surface area contributed by atoms with E-state index in [1.54, 1.807) is 7.11 Å². The maximum absolute atomic E-state index is 6.67. The van der Waals surface area contributed by atoms with Gasteiger partial charge in [-0.05, 0) is 36.2 Å². The van der Waals surface area contributed by atoms with Crippen LogP contribution in [0.3, 0.4) is 0 Å². The topological polar surface area (TPSA) is 18.5 Å². The Bertz CT molecular complexity index is 672. The summed E-state index contributed by atoms with van der Waals surface area (Å²) in [5.41, 5.74) is 3.25. The highest BCUT2D eigenvalue weighted by Gasteiger charge is 2.22. The molecule has 0 spiro atoms. The van der Waals surface area contributed by atoms with Crippen LogP contribution in [0, 0.1) is 0 Å². The number of fused-ring (bicyclic) bond motifs is 1. The minimum absolute atomic E-state index is 0.241. The molecule has 0 saturated carbocycles. The van der Waals surface area contributed by atoms with E-state index in [9.17, 15) is 0 Å². The standard InChI is InChI=1S/C17H16BrClO2/c1-10-7-12-8-11(3-6-15(12)21-10)17(19)14-5-4-13(18)9-16(14)20-2/h3-6,8-10,17H,7H2,1-2H3. The van der Waals surface area contributed by atoms with E-state index in [2.05, 4.69) is 28.9 Å². The predicted octanol–water partition coefficient (Wildman–Crippen LogP) is 5.11. The number of methoxy groups -OCH3 is 1. The van der Waals surface area contributed by atoms with Gasteiger partial charge in [-0.1, -0.05) is 34.1 Å². The van der Waals surface area contributed by atoms with Gasteiger partial charge in [0.25, 0.3) is 0 Å². The molecule has 0 aliphatic carbocycles. The third-order valence-corrected chi connectivity index (χ3v) is 4.66. The van der Waals surface area contributed by atoms with E-state index >= 15 is 0 Å². The van der Waals surface area contributed by atoms with Gasteiger partial charge in [-0.2, -0.15) is 0 Å². The Balaban J connectivity index is 1.96. The lowest BCUT2D eigenvalue weighted by atomic mass is 10.00. The quantitative estimate of drug-likeness (QED) is 0.702. The SMILES string of the molecule is COc1cc(Br)ccc1C(Cl)c1ccc2c(c1)CC(C)O2. The van der Waals surface area contributed by atoms with Gasteiger partial charge in [0.15, 0.2) is 0 Å². The molecule has 21 heavy (non-hydrogen) atoms. The van der Waals surface area contributed by atoms with Crippen molar-refractivity contribution in [1.29, 1.82) is 0 Å². The molecule has 0 radical (unpaired) electrons. The van der Waals surface area contributed by atoms with Crippen LogP contribution in [-0.4, -0.2) is 13.2 Å². The van der Waals surface area contributed by atoms with Crippen molar-refractivity contribution < 1.29 is 9.47 Å². The van der Waals surface area contributed by atoms with Crippen LogP contribution < -0.4 is 9.47 Å². The van der Waals surface area contributed by atoms with E-state index in [0.717, 1.165) is 33.5 Å². The lowest BCUT2D eigenvalue weighted by Crippen LogP contribution is -2.05. The summed E-state index contributed by atoms with van der Waals surface area (Å²) in [7, 11) is 1.66. The monoisotopic (exact) mass is 366 g/mol. The molecular weight excluding hydrogens is 352 g/mol. The molecule has 3 rings (SSSR count). The van der Waals surface area contributed by atoms with Crippen LogP contribution in [0.1, 0.15) is 29.0 Å². The van der Waals surface area contributed by atoms with Crippen molar-refractivity contribution >= 4 is 27.5 Å². The summed E-state index contributed by atoms with van der Waals surface area (Å²) in [5, 5.41) is -0.241. The predicted molar refractivity (Wildman–Crippen MR) is 88.6 cm³/mol. The van der Waals surface area contributed by atoms with E-state index < -0.39 is 0 Å². The molecule has 4 heteroatoms. The molecule has 1 heterocycles. The van der Waals surface area contributed by atoms with Crippen molar-refractivity contribution in [1.82, 2.24) is 0 Å². The Kier molecular flexibility index (Phi) is 4.14. The van der Waals surface area contributed by atoms with E-state index in [-0.39, 0.29) is 11.5 Å². The number of halogens is 2. The van der Waals surface area contributed by atoms with Crippen molar-refractivity contribution in [3.63, 3.8) is 0 Å². The number of hydrogen-bond acceptors (Lipinski definition) is 2. The molecule has 0 bridgehead atoms. The van der Waals surface area contributed by atoms with Crippen molar-refractivity contribution in [3.05, 3.63) is 57.6 Å². The molecule has 2 atom stereocenters. The summed E-state index contributed by atoms with van der Waals surface area (Å²) in [6.45, 7) is 2.08. The summed E-state index contributed by atoms with van der Waals surface area (Å²) in [5.74, 6) is 1.76. The van der Waals surface area contributed by atoms with Gasteiger partial charge in [-0.3, -0.25) is 0 Å². The normalized spacial score (nSPS) is 18.0. The minimum Gasteiger partial charge on any atom is -0.496 e. The zero-order chi connectivity index (χ0) is 15.0. The largest absolute Gasteiger partial charge is 0.496 e. The minimum atomic E-state index is -0.241. The highest BCUT2D eigenvalue weighted by atomic mass is 79.9. The van der Waals surface area contributed by atoms with Crippen LogP contribution in [0.5, 0.6) is 11.5 Å². The first-order chi connectivity index (χ1) is 10.1. The number of hydrogen-bond donors (Lipinski definition) is 0. The van der Waals surface area contributed by atoms with Crippen LogP contribution in [0.15, 0.2) is 40.9 Å². The highest BCUT2D eigenvalue weighted by molar-refractivity contribution is 9.10. The second-order valence-corrected chi connectivity index (χ2v) is 6.60. The Morgan fingerprint density at radius 3 is 2.86 bits per heavy atom. The van der Waals surface area contributed by atoms with E-state index in [0.29, 0.717) is 0 Å². The first-order valence-corrected chi connectivity index (χ1v) is 8.08. The average molecular weight is 368 g/mol. The molecule has 0 fully saturated rings. The summed E-state index contributed by atoms with van der Waals surface area (Å²) in [6.07, 6.45) is 1.18. The molecule has 110 valence electrons. The summed E-state index contributed by atoms with van der Waals surface area (Å²) < 4.78 is 12.1. The lowest BCUT2D eigenvalue weighted by molar-refractivity contribution is 0.254. The Morgan fingerprint density at radius 1 is 1.29 bits per heavy atom. The van der Waals surface area contributed by atoms with Crippen LogP contribution >= 0.6 is 27.5 Å². The second kappa shape index (κ2) is 5.90. The van der Waals surface area contributed by atoms with Gasteiger partial charge in [0.05, 0.1) is 12.5 Å². The zero-order valence-electron chi connectivity index (χ0n) is 11.9. The summed E-state index contributed by atoms with van der Waals surface area (Å²) in [6, 6.07) is 12.1. The van der Waals surface area contributed by atoms with E-state index in [1.165, 1.54) is 5.56 Å². The van der Waals surface area contributed by atoms with Gasteiger partial charge in [-0.25, -0.2) is 0 Å². The van der Waals surface area contributed by atoms with Crippen molar-refractivity contribution in [2.75, 3.05) is 7.11 Å². The average Bonchev–Trinajstić information content (AvgIpc) is 2.85. The summed E-state index contributed by atoms with van der Waals surface area (Å²) >= 11 is 10.1.